The Morgan fingerprint density at radius 1 is 1.08 bits per heavy atom. The van der Waals surface area contributed by atoms with Crippen LogP contribution in [0.3, 0.4) is 0 Å². The van der Waals surface area contributed by atoms with Crippen molar-refractivity contribution in [1.29, 1.82) is 0 Å². The second kappa shape index (κ2) is 8.04. The zero-order valence-electron chi connectivity index (χ0n) is 15.0. The van der Waals surface area contributed by atoms with E-state index in [9.17, 15) is 9.59 Å². The molecule has 1 N–H and O–H groups in total. The maximum absolute atomic E-state index is 12.6. The van der Waals surface area contributed by atoms with Crippen LogP contribution in [0, 0.1) is 6.92 Å². The molecule has 2 aromatic rings. The highest BCUT2D eigenvalue weighted by molar-refractivity contribution is 9.10. The first-order valence-corrected chi connectivity index (χ1v) is 9.62. The average molecular weight is 416 g/mol. The molecule has 0 bridgehead atoms. The number of Topliss-reactive ketones (excluding diaryl/α,β-unsaturated/α-hetero) is 1. The largest absolute Gasteiger partial charge is 0.489 e. The molecule has 1 saturated carbocycles. The van der Waals surface area contributed by atoms with E-state index in [4.69, 9.17) is 4.74 Å². The van der Waals surface area contributed by atoms with Gasteiger partial charge in [0.1, 0.15) is 5.75 Å². The predicted molar refractivity (Wildman–Crippen MR) is 106 cm³/mol. The van der Waals surface area contributed by atoms with Gasteiger partial charge in [0, 0.05) is 16.8 Å². The molecule has 2 aromatic carbocycles. The summed E-state index contributed by atoms with van der Waals surface area (Å²) in [6, 6.07) is 10.5. The van der Waals surface area contributed by atoms with Gasteiger partial charge in [0.05, 0.1) is 10.6 Å². The fourth-order valence-corrected chi connectivity index (χ4v) is 3.83. The Morgan fingerprint density at radius 3 is 2.31 bits per heavy atom. The third kappa shape index (κ3) is 4.33. The quantitative estimate of drug-likeness (QED) is 0.652. The summed E-state index contributed by atoms with van der Waals surface area (Å²) in [6.45, 7) is 3.47. The molecule has 0 aromatic heterocycles. The third-order valence-corrected chi connectivity index (χ3v) is 5.22. The normalized spacial score (nSPS) is 14.3. The van der Waals surface area contributed by atoms with Crippen molar-refractivity contribution in [2.24, 2.45) is 0 Å². The van der Waals surface area contributed by atoms with E-state index in [-0.39, 0.29) is 17.8 Å². The van der Waals surface area contributed by atoms with Gasteiger partial charge in [0.15, 0.2) is 5.78 Å². The summed E-state index contributed by atoms with van der Waals surface area (Å²) in [4.78, 5) is 23.9. The number of ether oxygens (including phenoxy) is 1. The van der Waals surface area contributed by atoms with Crippen LogP contribution in [-0.2, 0) is 0 Å². The molecular formula is C21H22BrNO3. The Bertz CT molecular complexity index is 801. The minimum absolute atomic E-state index is 0.000262. The first-order valence-electron chi connectivity index (χ1n) is 8.83. The van der Waals surface area contributed by atoms with Crippen molar-refractivity contribution in [2.75, 3.05) is 5.32 Å². The number of hydrogen-bond acceptors (Lipinski definition) is 3. The summed E-state index contributed by atoms with van der Waals surface area (Å²) >= 11 is 3.54. The standard InChI is InChI=1S/C21H22BrNO3/c1-13-11-16(12-19(22)20(13)26-18-5-3-4-6-18)21(25)23-17-9-7-15(8-10-17)14(2)24/h7-12,18H,3-6H2,1-2H3,(H,23,25). The Labute approximate surface area is 162 Å². The van der Waals surface area contributed by atoms with Crippen molar-refractivity contribution in [3.63, 3.8) is 0 Å². The fourth-order valence-electron chi connectivity index (χ4n) is 3.18. The summed E-state index contributed by atoms with van der Waals surface area (Å²) < 4.78 is 6.91. The highest BCUT2D eigenvalue weighted by atomic mass is 79.9. The molecule has 0 saturated heterocycles. The van der Waals surface area contributed by atoms with E-state index in [1.165, 1.54) is 19.8 Å². The average Bonchev–Trinajstić information content (AvgIpc) is 3.11. The lowest BCUT2D eigenvalue weighted by molar-refractivity contribution is 0.101. The molecule has 5 heteroatoms. The van der Waals surface area contributed by atoms with Crippen LogP contribution in [0.5, 0.6) is 5.75 Å². The smallest absolute Gasteiger partial charge is 0.255 e. The van der Waals surface area contributed by atoms with E-state index < -0.39 is 0 Å². The Balaban J connectivity index is 1.73. The van der Waals surface area contributed by atoms with Crippen LogP contribution in [0.15, 0.2) is 40.9 Å². The van der Waals surface area contributed by atoms with Gasteiger partial charge in [-0.25, -0.2) is 0 Å². The van der Waals surface area contributed by atoms with Crippen molar-refractivity contribution in [3.05, 3.63) is 57.6 Å². The number of rotatable bonds is 5. The second-order valence-electron chi connectivity index (χ2n) is 6.72. The van der Waals surface area contributed by atoms with E-state index in [0.717, 1.165) is 28.6 Å². The summed E-state index contributed by atoms with van der Waals surface area (Å²) in [5.41, 5.74) is 2.77. The molecular weight excluding hydrogens is 394 g/mol. The number of carbonyl (C=O) groups is 2. The molecule has 1 aliphatic rings. The number of carbonyl (C=O) groups excluding carboxylic acids is 2. The summed E-state index contributed by atoms with van der Waals surface area (Å²) in [7, 11) is 0. The maximum Gasteiger partial charge on any atom is 0.255 e. The molecule has 3 rings (SSSR count). The van der Waals surface area contributed by atoms with Crippen LogP contribution in [-0.4, -0.2) is 17.8 Å². The summed E-state index contributed by atoms with van der Waals surface area (Å²) in [6.07, 6.45) is 4.87. The minimum Gasteiger partial charge on any atom is -0.489 e. The van der Waals surface area contributed by atoms with Crippen LogP contribution in [0.4, 0.5) is 5.69 Å². The van der Waals surface area contributed by atoms with Crippen molar-refractivity contribution in [2.45, 2.75) is 45.6 Å². The van der Waals surface area contributed by atoms with Crippen LogP contribution < -0.4 is 10.1 Å². The number of hydrogen-bond donors (Lipinski definition) is 1. The number of ketones is 1. The van der Waals surface area contributed by atoms with E-state index in [1.54, 1.807) is 30.3 Å². The fraction of sp³-hybridized carbons (Fsp3) is 0.333. The Kier molecular flexibility index (Phi) is 5.77. The molecule has 0 atom stereocenters. The number of anilines is 1. The lowest BCUT2D eigenvalue weighted by Crippen LogP contribution is -2.15. The molecule has 0 aliphatic heterocycles. The first kappa shape index (κ1) is 18.6. The zero-order chi connectivity index (χ0) is 18.7. The number of halogens is 1. The summed E-state index contributed by atoms with van der Waals surface area (Å²) in [5, 5.41) is 2.86. The molecule has 0 heterocycles. The van der Waals surface area contributed by atoms with E-state index in [2.05, 4.69) is 21.2 Å². The number of amides is 1. The monoisotopic (exact) mass is 415 g/mol. The topological polar surface area (TPSA) is 55.4 Å². The van der Waals surface area contributed by atoms with Gasteiger partial charge in [-0.15, -0.1) is 0 Å². The highest BCUT2D eigenvalue weighted by Crippen LogP contribution is 2.34. The van der Waals surface area contributed by atoms with Crippen LogP contribution in [0.25, 0.3) is 0 Å². The van der Waals surface area contributed by atoms with E-state index >= 15 is 0 Å². The summed E-state index contributed by atoms with van der Waals surface area (Å²) in [5.74, 6) is 0.622. The molecule has 136 valence electrons. The van der Waals surface area contributed by atoms with Gasteiger partial charge < -0.3 is 10.1 Å². The van der Waals surface area contributed by atoms with Crippen molar-refractivity contribution < 1.29 is 14.3 Å². The number of benzene rings is 2. The van der Waals surface area contributed by atoms with Crippen molar-refractivity contribution in [3.8, 4) is 5.75 Å². The third-order valence-electron chi connectivity index (χ3n) is 4.63. The van der Waals surface area contributed by atoms with E-state index in [0.29, 0.717) is 16.8 Å². The van der Waals surface area contributed by atoms with Gasteiger partial charge in [-0.1, -0.05) is 0 Å². The highest BCUT2D eigenvalue weighted by Gasteiger charge is 2.20. The lowest BCUT2D eigenvalue weighted by Gasteiger charge is -2.17. The van der Waals surface area contributed by atoms with Gasteiger partial charge in [-0.2, -0.15) is 0 Å². The molecule has 0 radical (unpaired) electrons. The molecule has 0 unspecified atom stereocenters. The molecule has 1 fully saturated rings. The SMILES string of the molecule is CC(=O)c1ccc(NC(=O)c2cc(C)c(OC3CCCC3)c(Br)c2)cc1. The Hall–Kier alpha value is -2.14. The lowest BCUT2D eigenvalue weighted by atomic mass is 10.1. The van der Waals surface area contributed by atoms with Crippen LogP contribution >= 0.6 is 15.9 Å². The maximum atomic E-state index is 12.6. The Morgan fingerprint density at radius 2 is 1.73 bits per heavy atom. The van der Waals surface area contributed by atoms with Gasteiger partial charge >= 0.3 is 0 Å². The first-order chi connectivity index (χ1) is 12.4. The van der Waals surface area contributed by atoms with E-state index in [1.807, 2.05) is 13.0 Å². The molecule has 1 amide bonds. The van der Waals surface area contributed by atoms with Crippen molar-refractivity contribution in [1.82, 2.24) is 0 Å². The number of aryl methyl sites for hydroxylation is 1. The van der Waals surface area contributed by atoms with Crippen LogP contribution in [0.1, 0.15) is 58.9 Å². The van der Waals surface area contributed by atoms with Crippen LogP contribution in [0.2, 0.25) is 0 Å². The molecule has 4 nitrogen and oxygen atoms in total. The molecule has 1 aliphatic carbocycles. The number of nitrogens with one attached hydrogen (secondary N) is 1. The van der Waals surface area contributed by atoms with Gasteiger partial charge in [-0.05, 0) is 97.4 Å². The van der Waals surface area contributed by atoms with Gasteiger partial charge in [0.25, 0.3) is 5.91 Å². The second-order valence-corrected chi connectivity index (χ2v) is 7.57. The van der Waals surface area contributed by atoms with Crippen molar-refractivity contribution >= 4 is 33.3 Å². The van der Waals surface area contributed by atoms with Gasteiger partial charge in [0.2, 0.25) is 0 Å². The molecule has 26 heavy (non-hydrogen) atoms. The zero-order valence-corrected chi connectivity index (χ0v) is 16.6. The predicted octanol–water partition coefficient (Wildman–Crippen LogP) is 5.53. The molecule has 0 spiro atoms. The minimum atomic E-state index is -0.197. The van der Waals surface area contributed by atoms with Gasteiger partial charge in [-0.3, -0.25) is 9.59 Å².